The molecule has 0 atom stereocenters. The molecule has 33 heavy (non-hydrogen) atoms. The topological polar surface area (TPSA) is 101 Å². The molecule has 4 aromatic rings. The van der Waals surface area contributed by atoms with Crippen LogP contribution in [0.1, 0.15) is 16.7 Å². The number of sulfonamides is 1. The summed E-state index contributed by atoms with van der Waals surface area (Å²) < 4.78 is 34.4. The van der Waals surface area contributed by atoms with Crippen LogP contribution in [0, 0.1) is 0 Å². The van der Waals surface area contributed by atoms with Crippen molar-refractivity contribution in [3.63, 3.8) is 0 Å². The van der Waals surface area contributed by atoms with Gasteiger partial charge in [0.05, 0.1) is 22.2 Å². The van der Waals surface area contributed by atoms with Crippen molar-refractivity contribution < 1.29 is 18.3 Å². The van der Waals surface area contributed by atoms with E-state index in [4.69, 9.17) is 4.74 Å². The molecule has 0 spiro atoms. The summed E-state index contributed by atoms with van der Waals surface area (Å²) in [6, 6.07) is 15.7. The predicted molar refractivity (Wildman–Crippen MR) is 132 cm³/mol. The molecule has 0 saturated carbocycles. The highest BCUT2D eigenvalue weighted by atomic mass is 32.2. The van der Waals surface area contributed by atoms with Gasteiger partial charge in [0.2, 0.25) is 0 Å². The molecule has 0 amide bonds. The number of hydrogen-bond donors (Lipinski definition) is 3. The van der Waals surface area contributed by atoms with Crippen LogP contribution in [0.5, 0.6) is 11.5 Å². The fraction of sp³-hybridized carbons (Fsp3) is 0.125. The number of anilines is 2. The van der Waals surface area contributed by atoms with Gasteiger partial charge in [-0.05, 0) is 48.4 Å². The monoisotopic (exact) mass is 479 g/mol. The van der Waals surface area contributed by atoms with Crippen LogP contribution in [0.2, 0.25) is 0 Å². The number of phenols is 1. The largest absolute Gasteiger partial charge is 0.504 e. The summed E-state index contributed by atoms with van der Waals surface area (Å²) in [6.45, 7) is 0.359. The lowest BCUT2D eigenvalue weighted by molar-refractivity contribution is 0.371. The molecule has 168 valence electrons. The highest BCUT2D eigenvalue weighted by Crippen LogP contribution is 2.34. The first kappa shape index (κ1) is 21.3. The molecule has 0 aliphatic heterocycles. The Hall–Kier alpha value is -3.56. The van der Waals surface area contributed by atoms with Gasteiger partial charge in [-0.1, -0.05) is 41.7 Å². The number of rotatable bonds is 7. The molecule has 0 saturated heterocycles. The first-order valence-corrected chi connectivity index (χ1v) is 12.5. The van der Waals surface area contributed by atoms with E-state index in [1.54, 1.807) is 30.3 Å². The number of methoxy groups -OCH3 is 1. The average molecular weight is 480 g/mol. The van der Waals surface area contributed by atoms with E-state index in [1.807, 2.05) is 12.1 Å². The van der Waals surface area contributed by atoms with Gasteiger partial charge in [-0.2, -0.15) is 0 Å². The van der Waals surface area contributed by atoms with Crippen molar-refractivity contribution in [1.82, 2.24) is 4.98 Å². The summed E-state index contributed by atoms with van der Waals surface area (Å²) in [5, 5.41) is 13.7. The van der Waals surface area contributed by atoms with Gasteiger partial charge in [0.1, 0.15) is 0 Å². The number of benzene rings is 3. The fourth-order valence-corrected chi connectivity index (χ4v) is 5.88. The van der Waals surface area contributed by atoms with Crippen molar-refractivity contribution in [2.24, 2.45) is 0 Å². The Morgan fingerprint density at radius 1 is 1.12 bits per heavy atom. The minimum absolute atomic E-state index is 0.0767. The van der Waals surface area contributed by atoms with Crippen LogP contribution in [-0.4, -0.2) is 25.6 Å². The quantitative estimate of drug-likeness (QED) is 0.345. The summed E-state index contributed by atoms with van der Waals surface area (Å²) in [5.74, 6) is 0.477. The Morgan fingerprint density at radius 3 is 2.73 bits per heavy atom. The number of nitrogens with one attached hydrogen (secondary N) is 2. The van der Waals surface area contributed by atoms with Gasteiger partial charge in [0.15, 0.2) is 16.6 Å². The van der Waals surface area contributed by atoms with Crippen LogP contribution in [0.15, 0.2) is 65.6 Å². The number of thiazole rings is 1. The molecule has 0 unspecified atom stereocenters. The SMILES string of the molecule is COc1cccc(CNc2ccc(S(=O)(=O)Nc3nc4c5c(ccc4s3)CC=C5)cc2)c1O. The van der Waals surface area contributed by atoms with Gasteiger partial charge in [0, 0.05) is 23.4 Å². The zero-order valence-corrected chi connectivity index (χ0v) is 19.3. The number of hydrogen-bond acceptors (Lipinski definition) is 7. The molecule has 1 heterocycles. The molecule has 5 rings (SSSR count). The highest BCUT2D eigenvalue weighted by Gasteiger charge is 2.19. The normalized spacial score (nSPS) is 12.6. The smallest absolute Gasteiger partial charge is 0.263 e. The van der Waals surface area contributed by atoms with Crippen LogP contribution in [0.4, 0.5) is 10.8 Å². The molecule has 7 nitrogen and oxygen atoms in total. The minimum atomic E-state index is -3.78. The summed E-state index contributed by atoms with van der Waals surface area (Å²) in [5.41, 5.74) is 4.48. The van der Waals surface area contributed by atoms with E-state index >= 15 is 0 Å². The fourth-order valence-electron chi connectivity index (χ4n) is 3.77. The van der Waals surface area contributed by atoms with Gasteiger partial charge < -0.3 is 15.2 Å². The number of aromatic nitrogens is 1. The van der Waals surface area contributed by atoms with Crippen LogP contribution in [-0.2, 0) is 23.0 Å². The first-order valence-electron chi connectivity index (χ1n) is 10.3. The number of phenolic OH excluding ortho intramolecular Hbond substituents is 1. The first-order chi connectivity index (χ1) is 15.9. The van der Waals surface area contributed by atoms with Crippen LogP contribution in [0.3, 0.4) is 0 Å². The van der Waals surface area contributed by atoms with Crippen LogP contribution in [0.25, 0.3) is 16.3 Å². The van der Waals surface area contributed by atoms with E-state index < -0.39 is 10.0 Å². The summed E-state index contributed by atoms with van der Waals surface area (Å²) in [4.78, 5) is 4.67. The molecule has 0 radical (unpaired) electrons. The molecule has 0 bridgehead atoms. The minimum Gasteiger partial charge on any atom is -0.504 e. The van der Waals surface area contributed by atoms with Gasteiger partial charge >= 0.3 is 0 Å². The Morgan fingerprint density at radius 2 is 1.94 bits per heavy atom. The number of aromatic hydroxyl groups is 1. The molecule has 0 fully saturated rings. The van der Waals surface area contributed by atoms with Crippen molar-refractivity contribution in [3.05, 3.63) is 77.4 Å². The van der Waals surface area contributed by atoms with Gasteiger partial charge in [-0.15, -0.1) is 0 Å². The predicted octanol–water partition coefficient (Wildman–Crippen LogP) is 4.99. The maximum atomic E-state index is 12.9. The highest BCUT2D eigenvalue weighted by molar-refractivity contribution is 7.93. The molecule has 9 heteroatoms. The average Bonchev–Trinajstić information content (AvgIpc) is 3.44. The van der Waals surface area contributed by atoms with Crippen molar-refractivity contribution in [2.45, 2.75) is 17.9 Å². The third-order valence-corrected chi connectivity index (χ3v) is 7.90. The second-order valence-electron chi connectivity index (χ2n) is 7.56. The van der Waals surface area contributed by atoms with E-state index in [1.165, 1.54) is 36.1 Å². The van der Waals surface area contributed by atoms with Crippen LogP contribution >= 0.6 is 11.3 Å². The summed E-state index contributed by atoms with van der Waals surface area (Å²) in [7, 11) is -2.28. The maximum absolute atomic E-state index is 12.9. The molecule has 3 N–H and O–H groups in total. The third kappa shape index (κ3) is 4.12. The Balaban J connectivity index is 1.30. The van der Waals surface area contributed by atoms with Crippen molar-refractivity contribution in [3.8, 4) is 11.5 Å². The summed E-state index contributed by atoms with van der Waals surface area (Å²) in [6.07, 6.45) is 4.99. The molecule has 1 aromatic heterocycles. The molecular weight excluding hydrogens is 458 g/mol. The van der Waals surface area contributed by atoms with Gasteiger partial charge in [-0.25, -0.2) is 13.4 Å². The Kier molecular flexibility index (Phi) is 5.43. The van der Waals surface area contributed by atoms with Gasteiger partial charge in [0.25, 0.3) is 10.0 Å². The number of para-hydroxylation sites is 1. The second-order valence-corrected chi connectivity index (χ2v) is 10.3. The van der Waals surface area contributed by atoms with Gasteiger partial charge in [-0.3, -0.25) is 4.72 Å². The maximum Gasteiger partial charge on any atom is 0.263 e. The second kappa shape index (κ2) is 8.42. The standard InChI is InChI=1S/C24H21N3O4S2/c1-31-20-7-3-5-16(23(20)28)14-25-17-9-11-18(12-10-17)33(29,30)27-24-26-22-19-6-2-4-15(19)8-13-21(22)32-24/h2-3,5-13,25,28H,4,14H2,1H3,(H,26,27). The summed E-state index contributed by atoms with van der Waals surface area (Å²) >= 11 is 1.32. The van der Waals surface area contributed by atoms with Crippen molar-refractivity contribution in [2.75, 3.05) is 17.1 Å². The number of ether oxygens (including phenoxy) is 1. The molecule has 1 aliphatic carbocycles. The number of allylic oxidation sites excluding steroid dienone is 1. The lowest BCUT2D eigenvalue weighted by atomic mass is 10.1. The zero-order valence-electron chi connectivity index (χ0n) is 17.7. The van der Waals surface area contributed by atoms with E-state index in [0.29, 0.717) is 23.0 Å². The molecule has 1 aliphatic rings. The molecular formula is C24H21N3O4S2. The van der Waals surface area contributed by atoms with E-state index in [-0.39, 0.29) is 10.6 Å². The van der Waals surface area contributed by atoms with E-state index in [9.17, 15) is 13.5 Å². The Labute approximate surface area is 195 Å². The third-order valence-electron chi connectivity index (χ3n) is 5.48. The lowest BCUT2D eigenvalue weighted by Gasteiger charge is -2.11. The van der Waals surface area contributed by atoms with Crippen molar-refractivity contribution >= 4 is 48.5 Å². The molecule has 3 aromatic carbocycles. The number of fused-ring (bicyclic) bond motifs is 3. The number of nitrogens with zero attached hydrogens (tertiary/aromatic N) is 1. The Bertz CT molecular complexity index is 1480. The lowest BCUT2D eigenvalue weighted by Crippen LogP contribution is -2.12. The van der Waals surface area contributed by atoms with Crippen LogP contribution < -0.4 is 14.8 Å². The van der Waals surface area contributed by atoms with E-state index in [0.717, 1.165) is 27.9 Å². The van der Waals surface area contributed by atoms with Crippen molar-refractivity contribution in [1.29, 1.82) is 0 Å². The zero-order chi connectivity index (χ0) is 23.0. The van der Waals surface area contributed by atoms with E-state index in [2.05, 4.69) is 27.2 Å².